The first-order chi connectivity index (χ1) is 5.11. The Bertz CT molecular complexity index is 161. The lowest BCUT2D eigenvalue weighted by atomic mass is 10.1. The minimum Gasteiger partial charge on any atom is -0.466 e. The van der Waals surface area contributed by atoms with Crippen molar-refractivity contribution in [3.05, 3.63) is 11.6 Å². The maximum atomic E-state index is 10.6. The Morgan fingerprint density at radius 1 is 1.73 bits per heavy atom. The zero-order valence-electron chi connectivity index (χ0n) is 7.13. The molecule has 0 heterocycles. The summed E-state index contributed by atoms with van der Waals surface area (Å²) in [7, 11) is 1.31. The number of carbonyl (C=O) groups excluding carboxylic acids is 1. The minimum absolute atomic E-state index is 0.421. The van der Waals surface area contributed by atoms with Crippen LogP contribution in [0.3, 0.4) is 0 Å². The number of methoxy groups -OCH3 is 1. The fourth-order valence-corrected chi connectivity index (χ4v) is 0.663. The Labute approximate surface area is 66.7 Å². The molecule has 0 saturated carbocycles. The van der Waals surface area contributed by atoms with Crippen LogP contribution in [0.5, 0.6) is 0 Å². The van der Waals surface area contributed by atoms with E-state index in [2.05, 4.69) is 4.74 Å². The maximum absolute atomic E-state index is 10.6. The second kappa shape index (κ2) is 4.91. The van der Waals surface area contributed by atoms with Gasteiger partial charge in [0.1, 0.15) is 0 Å². The summed E-state index contributed by atoms with van der Waals surface area (Å²) in [5, 5.41) is 9.19. The first kappa shape index (κ1) is 10.2. The van der Waals surface area contributed by atoms with Crippen LogP contribution >= 0.6 is 0 Å². The van der Waals surface area contributed by atoms with E-state index in [1.54, 1.807) is 6.92 Å². The van der Waals surface area contributed by atoms with E-state index in [1.165, 1.54) is 13.2 Å². The summed E-state index contributed by atoms with van der Waals surface area (Å²) in [6, 6.07) is 0. The third-order valence-electron chi connectivity index (χ3n) is 1.46. The highest BCUT2D eigenvalue weighted by Gasteiger charge is 2.04. The summed E-state index contributed by atoms with van der Waals surface area (Å²) < 4.78 is 4.39. The summed E-state index contributed by atoms with van der Waals surface area (Å²) >= 11 is 0. The number of aliphatic hydroxyl groups is 1. The molecule has 0 spiro atoms. The Balaban J connectivity index is 4.09. The molecule has 0 bridgehead atoms. The third kappa shape index (κ3) is 3.78. The van der Waals surface area contributed by atoms with Crippen LogP contribution in [0.4, 0.5) is 0 Å². The quantitative estimate of drug-likeness (QED) is 0.490. The SMILES string of the molecule is CCC(O)/C(C)=C/C(=O)OC. The number of aliphatic hydroxyl groups excluding tert-OH is 1. The first-order valence-electron chi connectivity index (χ1n) is 3.56. The molecule has 0 amide bonds. The van der Waals surface area contributed by atoms with Crippen molar-refractivity contribution >= 4 is 5.97 Å². The van der Waals surface area contributed by atoms with Gasteiger partial charge in [-0.15, -0.1) is 0 Å². The van der Waals surface area contributed by atoms with Crippen LogP contribution < -0.4 is 0 Å². The topological polar surface area (TPSA) is 46.5 Å². The van der Waals surface area contributed by atoms with E-state index in [0.29, 0.717) is 12.0 Å². The van der Waals surface area contributed by atoms with Gasteiger partial charge in [-0.25, -0.2) is 4.79 Å². The fraction of sp³-hybridized carbons (Fsp3) is 0.625. The molecule has 0 saturated heterocycles. The average Bonchev–Trinajstić information content (AvgIpc) is 2.02. The van der Waals surface area contributed by atoms with Crippen LogP contribution in [-0.4, -0.2) is 24.3 Å². The van der Waals surface area contributed by atoms with Crippen LogP contribution in [0.2, 0.25) is 0 Å². The Hall–Kier alpha value is -0.830. The Morgan fingerprint density at radius 3 is 2.64 bits per heavy atom. The van der Waals surface area contributed by atoms with Gasteiger partial charge in [0.15, 0.2) is 0 Å². The maximum Gasteiger partial charge on any atom is 0.330 e. The highest BCUT2D eigenvalue weighted by molar-refractivity contribution is 5.82. The molecular formula is C8H14O3. The second-order valence-corrected chi connectivity index (χ2v) is 2.34. The van der Waals surface area contributed by atoms with Crippen molar-refractivity contribution in [1.29, 1.82) is 0 Å². The Morgan fingerprint density at radius 2 is 2.27 bits per heavy atom. The molecule has 1 N–H and O–H groups in total. The molecule has 64 valence electrons. The van der Waals surface area contributed by atoms with Crippen molar-refractivity contribution in [3.8, 4) is 0 Å². The predicted octanol–water partition coefficient (Wildman–Crippen LogP) is 0.877. The van der Waals surface area contributed by atoms with E-state index in [0.717, 1.165) is 0 Å². The van der Waals surface area contributed by atoms with E-state index in [4.69, 9.17) is 0 Å². The van der Waals surface area contributed by atoms with Crippen LogP contribution in [-0.2, 0) is 9.53 Å². The lowest BCUT2D eigenvalue weighted by molar-refractivity contribution is -0.134. The molecule has 0 aromatic heterocycles. The van der Waals surface area contributed by atoms with Gasteiger partial charge in [0.2, 0.25) is 0 Å². The zero-order chi connectivity index (χ0) is 8.85. The second-order valence-electron chi connectivity index (χ2n) is 2.34. The zero-order valence-corrected chi connectivity index (χ0v) is 7.13. The highest BCUT2D eigenvalue weighted by atomic mass is 16.5. The summed E-state index contributed by atoms with van der Waals surface area (Å²) in [4.78, 5) is 10.6. The van der Waals surface area contributed by atoms with Crippen molar-refractivity contribution in [2.75, 3.05) is 7.11 Å². The van der Waals surface area contributed by atoms with Crippen molar-refractivity contribution < 1.29 is 14.6 Å². The molecule has 11 heavy (non-hydrogen) atoms. The average molecular weight is 158 g/mol. The van der Waals surface area contributed by atoms with Crippen molar-refractivity contribution in [1.82, 2.24) is 0 Å². The predicted molar refractivity (Wildman–Crippen MR) is 42.1 cm³/mol. The molecule has 0 rings (SSSR count). The monoisotopic (exact) mass is 158 g/mol. The largest absolute Gasteiger partial charge is 0.466 e. The molecule has 0 aromatic rings. The van der Waals surface area contributed by atoms with Gasteiger partial charge in [-0.1, -0.05) is 6.92 Å². The number of hydrogen-bond acceptors (Lipinski definition) is 3. The standard InChI is InChI=1S/C8H14O3/c1-4-7(9)6(2)5-8(10)11-3/h5,7,9H,4H2,1-3H3/b6-5+. The fourth-order valence-electron chi connectivity index (χ4n) is 0.663. The first-order valence-corrected chi connectivity index (χ1v) is 3.56. The minimum atomic E-state index is -0.533. The van der Waals surface area contributed by atoms with Gasteiger partial charge >= 0.3 is 5.97 Å². The summed E-state index contributed by atoms with van der Waals surface area (Å²) in [6.07, 6.45) is 1.38. The smallest absolute Gasteiger partial charge is 0.330 e. The number of hydrogen-bond donors (Lipinski definition) is 1. The Kier molecular flexibility index (Phi) is 4.54. The lowest BCUT2D eigenvalue weighted by Gasteiger charge is -2.06. The van der Waals surface area contributed by atoms with E-state index < -0.39 is 12.1 Å². The van der Waals surface area contributed by atoms with Crippen LogP contribution in [0, 0.1) is 0 Å². The highest BCUT2D eigenvalue weighted by Crippen LogP contribution is 2.04. The van der Waals surface area contributed by atoms with Gasteiger partial charge in [0.05, 0.1) is 13.2 Å². The molecule has 0 aliphatic rings. The van der Waals surface area contributed by atoms with Gasteiger partial charge in [0.25, 0.3) is 0 Å². The molecule has 1 unspecified atom stereocenters. The molecule has 3 nitrogen and oxygen atoms in total. The molecule has 0 aromatic carbocycles. The molecule has 0 aliphatic heterocycles. The molecule has 1 atom stereocenters. The van der Waals surface area contributed by atoms with Gasteiger partial charge in [0, 0.05) is 6.08 Å². The van der Waals surface area contributed by atoms with Gasteiger partial charge in [-0.3, -0.25) is 0 Å². The van der Waals surface area contributed by atoms with E-state index >= 15 is 0 Å². The van der Waals surface area contributed by atoms with Crippen LogP contribution in [0.1, 0.15) is 20.3 Å². The van der Waals surface area contributed by atoms with Crippen molar-refractivity contribution in [2.45, 2.75) is 26.4 Å². The van der Waals surface area contributed by atoms with Crippen molar-refractivity contribution in [3.63, 3.8) is 0 Å². The molecule has 0 radical (unpaired) electrons. The molecular weight excluding hydrogens is 144 g/mol. The van der Waals surface area contributed by atoms with Gasteiger partial charge in [-0.2, -0.15) is 0 Å². The van der Waals surface area contributed by atoms with E-state index in [9.17, 15) is 9.90 Å². The number of carbonyl (C=O) groups is 1. The number of rotatable bonds is 3. The van der Waals surface area contributed by atoms with Crippen LogP contribution in [0.15, 0.2) is 11.6 Å². The van der Waals surface area contributed by atoms with E-state index in [-0.39, 0.29) is 0 Å². The molecule has 3 heteroatoms. The summed E-state index contributed by atoms with van der Waals surface area (Å²) in [5.41, 5.74) is 0.638. The van der Waals surface area contributed by atoms with Gasteiger partial charge in [-0.05, 0) is 18.9 Å². The summed E-state index contributed by atoms with van der Waals surface area (Å²) in [6.45, 7) is 3.55. The van der Waals surface area contributed by atoms with E-state index in [1.807, 2.05) is 6.92 Å². The van der Waals surface area contributed by atoms with Crippen LogP contribution in [0.25, 0.3) is 0 Å². The molecule has 0 aliphatic carbocycles. The van der Waals surface area contributed by atoms with Crippen molar-refractivity contribution in [2.24, 2.45) is 0 Å². The normalized spacial score (nSPS) is 14.4. The van der Waals surface area contributed by atoms with Gasteiger partial charge < -0.3 is 9.84 Å². The number of esters is 1. The number of ether oxygens (including phenoxy) is 1. The summed E-state index contributed by atoms with van der Waals surface area (Å²) in [5.74, 6) is -0.421. The third-order valence-corrected chi connectivity index (χ3v) is 1.46. The molecule has 0 fully saturated rings. The lowest BCUT2D eigenvalue weighted by Crippen LogP contribution is -2.08.